The largest absolute Gasteiger partial charge is 0.293 e. The van der Waals surface area contributed by atoms with Crippen LogP contribution in [0.15, 0.2) is 65.7 Å². The molecule has 1 fully saturated rings. The van der Waals surface area contributed by atoms with Gasteiger partial charge in [-0.15, -0.1) is 0 Å². The lowest BCUT2D eigenvalue weighted by Crippen LogP contribution is -2.28. The molecule has 1 aliphatic heterocycles. The number of rotatable bonds is 7. The van der Waals surface area contributed by atoms with Gasteiger partial charge < -0.3 is 0 Å². The summed E-state index contributed by atoms with van der Waals surface area (Å²) in [5.41, 5.74) is 4.94. The SMILES string of the molecule is CCCCCN1C(=O)/C(=C\c2cn(-c3ccccc3)nc2-c2ccc(C)cc2)SC1=S. The summed E-state index contributed by atoms with van der Waals surface area (Å²) >= 11 is 6.87. The zero-order chi connectivity index (χ0) is 21.8. The average Bonchev–Trinajstić information content (AvgIpc) is 3.31. The predicted molar refractivity (Wildman–Crippen MR) is 133 cm³/mol. The normalized spacial score (nSPS) is 15.3. The van der Waals surface area contributed by atoms with Crippen molar-refractivity contribution in [2.45, 2.75) is 33.1 Å². The summed E-state index contributed by atoms with van der Waals surface area (Å²) in [5, 5.41) is 4.85. The van der Waals surface area contributed by atoms with Crippen LogP contribution in [0.5, 0.6) is 0 Å². The molecule has 0 saturated carbocycles. The molecule has 0 bridgehead atoms. The van der Waals surface area contributed by atoms with Crippen molar-refractivity contribution in [3.8, 4) is 16.9 Å². The minimum Gasteiger partial charge on any atom is -0.293 e. The average molecular weight is 448 g/mol. The first-order valence-corrected chi connectivity index (χ1v) is 11.8. The molecule has 0 atom stereocenters. The van der Waals surface area contributed by atoms with E-state index in [1.165, 1.54) is 17.3 Å². The topological polar surface area (TPSA) is 38.1 Å². The molecule has 6 heteroatoms. The van der Waals surface area contributed by atoms with Crippen LogP contribution in [-0.2, 0) is 4.79 Å². The van der Waals surface area contributed by atoms with Gasteiger partial charge in [-0.05, 0) is 31.6 Å². The molecule has 4 nitrogen and oxygen atoms in total. The van der Waals surface area contributed by atoms with Gasteiger partial charge in [-0.25, -0.2) is 4.68 Å². The van der Waals surface area contributed by atoms with Crippen LogP contribution in [0.4, 0.5) is 0 Å². The van der Waals surface area contributed by atoms with Gasteiger partial charge in [0.2, 0.25) is 0 Å². The van der Waals surface area contributed by atoms with Crippen LogP contribution in [0, 0.1) is 6.92 Å². The molecule has 3 aromatic rings. The van der Waals surface area contributed by atoms with Gasteiger partial charge in [0.1, 0.15) is 4.32 Å². The maximum absolute atomic E-state index is 13.0. The number of aromatic nitrogens is 2. The van der Waals surface area contributed by atoms with Crippen molar-refractivity contribution in [1.29, 1.82) is 0 Å². The Kier molecular flexibility index (Phi) is 6.68. The molecule has 2 aromatic carbocycles. The molecule has 1 aromatic heterocycles. The number of para-hydroxylation sites is 1. The van der Waals surface area contributed by atoms with E-state index in [0.29, 0.717) is 15.8 Å². The van der Waals surface area contributed by atoms with Crippen LogP contribution in [0.3, 0.4) is 0 Å². The number of carbonyl (C=O) groups is 1. The Bertz CT molecular complexity index is 1120. The summed E-state index contributed by atoms with van der Waals surface area (Å²) in [6, 6.07) is 18.3. The quantitative estimate of drug-likeness (QED) is 0.244. The van der Waals surface area contributed by atoms with Crippen LogP contribution in [0.2, 0.25) is 0 Å². The highest BCUT2D eigenvalue weighted by Crippen LogP contribution is 2.35. The Morgan fingerprint density at radius 3 is 2.52 bits per heavy atom. The minimum atomic E-state index is -0.00609. The number of thiocarbonyl (C=S) groups is 1. The molecular formula is C25H25N3OS2. The second-order valence-corrected chi connectivity index (χ2v) is 9.30. The Balaban J connectivity index is 1.71. The number of amides is 1. The van der Waals surface area contributed by atoms with Crippen LogP contribution in [0.25, 0.3) is 23.0 Å². The summed E-state index contributed by atoms with van der Waals surface area (Å²) in [6.45, 7) is 4.91. The second-order valence-electron chi connectivity index (χ2n) is 7.62. The Labute approximate surface area is 193 Å². The smallest absolute Gasteiger partial charge is 0.266 e. The molecule has 0 N–H and O–H groups in total. The van der Waals surface area contributed by atoms with E-state index in [1.54, 1.807) is 4.90 Å². The molecule has 0 spiro atoms. The van der Waals surface area contributed by atoms with E-state index in [9.17, 15) is 4.79 Å². The molecule has 0 radical (unpaired) electrons. The number of carbonyl (C=O) groups excluding carboxylic acids is 1. The Morgan fingerprint density at radius 2 is 1.81 bits per heavy atom. The Morgan fingerprint density at radius 1 is 1.06 bits per heavy atom. The number of thioether (sulfide) groups is 1. The standard InChI is InChI=1S/C25H25N3OS2/c1-3-4-8-15-27-24(29)22(31-25(27)30)16-20-17-28(21-9-6-5-7-10-21)26-23(20)19-13-11-18(2)12-14-19/h5-7,9-14,16-17H,3-4,8,15H2,1-2H3/b22-16+. The molecule has 4 rings (SSSR count). The highest BCUT2D eigenvalue weighted by atomic mass is 32.2. The summed E-state index contributed by atoms with van der Waals surface area (Å²) < 4.78 is 2.50. The van der Waals surface area contributed by atoms with Gasteiger partial charge in [0.05, 0.1) is 16.3 Å². The third-order valence-electron chi connectivity index (χ3n) is 5.23. The van der Waals surface area contributed by atoms with E-state index in [-0.39, 0.29) is 5.91 Å². The van der Waals surface area contributed by atoms with E-state index in [1.807, 2.05) is 47.3 Å². The molecule has 158 valence electrons. The van der Waals surface area contributed by atoms with E-state index in [2.05, 4.69) is 38.1 Å². The summed E-state index contributed by atoms with van der Waals surface area (Å²) in [5.74, 6) is -0.00609. The number of unbranched alkanes of at least 4 members (excludes halogenated alkanes) is 2. The van der Waals surface area contributed by atoms with E-state index < -0.39 is 0 Å². The van der Waals surface area contributed by atoms with Crippen molar-refractivity contribution in [3.05, 3.63) is 76.8 Å². The van der Waals surface area contributed by atoms with Gasteiger partial charge in [-0.1, -0.05) is 91.8 Å². The lowest BCUT2D eigenvalue weighted by Gasteiger charge is -2.13. The lowest BCUT2D eigenvalue weighted by atomic mass is 10.1. The molecule has 0 aliphatic carbocycles. The van der Waals surface area contributed by atoms with Gasteiger partial charge in [0.25, 0.3) is 5.91 Å². The lowest BCUT2D eigenvalue weighted by molar-refractivity contribution is -0.122. The predicted octanol–water partition coefficient (Wildman–Crippen LogP) is 6.24. The summed E-state index contributed by atoms with van der Waals surface area (Å²) in [4.78, 5) is 15.4. The minimum absolute atomic E-state index is 0.00609. The maximum Gasteiger partial charge on any atom is 0.266 e. The Hall–Kier alpha value is -2.70. The fourth-order valence-electron chi connectivity index (χ4n) is 3.50. The fraction of sp³-hybridized carbons (Fsp3) is 0.240. The second kappa shape index (κ2) is 9.62. The molecule has 1 saturated heterocycles. The van der Waals surface area contributed by atoms with Crippen molar-refractivity contribution in [2.24, 2.45) is 0 Å². The molecule has 2 heterocycles. The van der Waals surface area contributed by atoms with Gasteiger partial charge in [0, 0.05) is 23.9 Å². The van der Waals surface area contributed by atoms with Gasteiger partial charge >= 0.3 is 0 Å². The number of hydrogen-bond acceptors (Lipinski definition) is 4. The van der Waals surface area contributed by atoms with Crippen molar-refractivity contribution >= 4 is 40.3 Å². The molecule has 1 amide bonds. The highest BCUT2D eigenvalue weighted by molar-refractivity contribution is 8.26. The van der Waals surface area contributed by atoms with Crippen LogP contribution in [-0.4, -0.2) is 31.5 Å². The summed E-state index contributed by atoms with van der Waals surface area (Å²) in [6.07, 6.45) is 7.09. The monoisotopic (exact) mass is 447 g/mol. The molecule has 0 unspecified atom stereocenters. The van der Waals surface area contributed by atoms with Gasteiger partial charge in [-0.2, -0.15) is 5.10 Å². The van der Waals surface area contributed by atoms with Crippen molar-refractivity contribution in [1.82, 2.24) is 14.7 Å². The van der Waals surface area contributed by atoms with Crippen molar-refractivity contribution in [2.75, 3.05) is 6.54 Å². The van der Waals surface area contributed by atoms with E-state index >= 15 is 0 Å². The highest BCUT2D eigenvalue weighted by Gasteiger charge is 2.31. The van der Waals surface area contributed by atoms with E-state index in [4.69, 9.17) is 17.3 Å². The zero-order valence-corrected chi connectivity index (χ0v) is 19.4. The third-order valence-corrected chi connectivity index (χ3v) is 6.61. The third kappa shape index (κ3) is 4.81. The van der Waals surface area contributed by atoms with Crippen LogP contribution >= 0.6 is 24.0 Å². The van der Waals surface area contributed by atoms with Crippen LogP contribution in [0.1, 0.15) is 37.3 Å². The van der Waals surface area contributed by atoms with Gasteiger partial charge in [0.15, 0.2) is 0 Å². The number of aryl methyl sites for hydroxylation is 1. The maximum atomic E-state index is 13.0. The summed E-state index contributed by atoms with van der Waals surface area (Å²) in [7, 11) is 0. The molecule has 31 heavy (non-hydrogen) atoms. The number of nitrogens with zero attached hydrogens (tertiary/aromatic N) is 3. The molecule has 1 aliphatic rings. The number of benzene rings is 2. The van der Waals surface area contributed by atoms with Crippen LogP contribution < -0.4 is 0 Å². The fourth-order valence-corrected chi connectivity index (χ4v) is 4.80. The zero-order valence-electron chi connectivity index (χ0n) is 17.7. The van der Waals surface area contributed by atoms with Crippen molar-refractivity contribution < 1.29 is 4.79 Å². The first-order chi connectivity index (χ1) is 15.1. The first-order valence-electron chi connectivity index (χ1n) is 10.5. The molecular weight excluding hydrogens is 422 g/mol. The first kappa shape index (κ1) is 21.5. The van der Waals surface area contributed by atoms with Crippen molar-refractivity contribution in [3.63, 3.8) is 0 Å². The van der Waals surface area contributed by atoms with Gasteiger partial charge in [-0.3, -0.25) is 9.69 Å². The number of hydrogen-bond donors (Lipinski definition) is 0. The van der Waals surface area contributed by atoms with E-state index in [0.717, 1.165) is 41.8 Å².